The lowest BCUT2D eigenvalue weighted by atomic mass is 9.74. The number of nitrogens with one attached hydrogen (secondary N) is 1. The van der Waals surface area contributed by atoms with E-state index in [2.05, 4.69) is 29.4 Å². The zero-order valence-electron chi connectivity index (χ0n) is 18.9. The maximum Gasteiger partial charge on any atom is 0.220 e. The van der Waals surface area contributed by atoms with Gasteiger partial charge in [0.25, 0.3) is 0 Å². The van der Waals surface area contributed by atoms with Crippen LogP contribution in [-0.4, -0.2) is 28.0 Å². The molecule has 0 saturated heterocycles. The average Bonchev–Trinajstić information content (AvgIpc) is 3.28. The lowest BCUT2D eigenvalue weighted by Gasteiger charge is -2.36. The van der Waals surface area contributed by atoms with Crippen molar-refractivity contribution in [1.82, 2.24) is 20.3 Å². The predicted octanol–water partition coefficient (Wildman–Crippen LogP) is 4.25. The first kappa shape index (κ1) is 21.2. The summed E-state index contributed by atoms with van der Waals surface area (Å²) in [6.07, 6.45) is 4.71. The second kappa shape index (κ2) is 8.21. The van der Waals surface area contributed by atoms with E-state index in [1.807, 2.05) is 49.0 Å². The fourth-order valence-electron chi connectivity index (χ4n) is 4.48. The van der Waals surface area contributed by atoms with Crippen molar-refractivity contribution in [3.63, 3.8) is 0 Å². The molecule has 1 aliphatic rings. The molecular formula is C24H30N4O3. The molecule has 0 bridgehead atoms. The molecule has 31 heavy (non-hydrogen) atoms. The van der Waals surface area contributed by atoms with Crippen LogP contribution in [0.3, 0.4) is 0 Å². The van der Waals surface area contributed by atoms with Crippen molar-refractivity contribution in [1.29, 1.82) is 0 Å². The van der Waals surface area contributed by atoms with Crippen molar-refractivity contribution in [2.24, 2.45) is 5.41 Å². The summed E-state index contributed by atoms with van der Waals surface area (Å²) in [5, 5.41) is 11.9. The third-order valence-corrected chi connectivity index (χ3v) is 6.11. The van der Waals surface area contributed by atoms with Gasteiger partial charge < -0.3 is 14.6 Å². The van der Waals surface area contributed by atoms with E-state index in [1.54, 1.807) is 7.11 Å². The Labute approximate surface area is 182 Å². The quantitative estimate of drug-likeness (QED) is 0.642. The van der Waals surface area contributed by atoms with Crippen LogP contribution in [0.15, 0.2) is 35.0 Å². The standard InChI is InChI=1S/C24H30N4O3/c1-15-19(16(2)31-27-15)10-11-23(29)26-21-12-24(3,4)13-22-20(21)14-25-28(22)17-6-8-18(30-5)9-7-17/h6-9,14,21H,10-13H2,1-5H3,(H,26,29)/t21-/m0/s1. The molecule has 0 radical (unpaired) electrons. The number of hydrogen-bond donors (Lipinski definition) is 1. The lowest BCUT2D eigenvalue weighted by molar-refractivity contribution is -0.122. The number of benzene rings is 1. The van der Waals surface area contributed by atoms with Crippen molar-refractivity contribution in [3.8, 4) is 11.4 Å². The molecular weight excluding hydrogens is 392 g/mol. The van der Waals surface area contributed by atoms with Crippen molar-refractivity contribution in [2.45, 2.75) is 59.4 Å². The molecule has 1 amide bonds. The number of carbonyl (C=O) groups is 1. The van der Waals surface area contributed by atoms with E-state index < -0.39 is 0 Å². The highest BCUT2D eigenvalue weighted by atomic mass is 16.5. The van der Waals surface area contributed by atoms with Crippen LogP contribution in [0.2, 0.25) is 0 Å². The van der Waals surface area contributed by atoms with Gasteiger partial charge in [0.05, 0.1) is 36.4 Å². The number of aromatic nitrogens is 3. The molecule has 1 atom stereocenters. The Bertz CT molecular complexity index is 1060. The lowest BCUT2D eigenvalue weighted by Crippen LogP contribution is -2.36. The molecule has 2 aromatic heterocycles. The fourth-order valence-corrected chi connectivity index (χ4v) is 4.48. The number of hydrogen-bond acceptors (Lipinski definition) is 5. The van der Waals surface area contributed by atoms with Crippen LogP contribution in [0, 0.1) is 19.3 Å². The smallest absolute Gasteiger partial charge is 0.220 e. The third-order valence-electron chi connectivity index (χ3n) is 6.11. The second-order valence-corrected chi connectivity index (χ2v) is 9.12. The number of nitrogens with zero attached hydrogens (tertiary/aromatic N) is 3. The summed E-state index contributed by atoms with van der Waals surface area (Å²) in [5.74, 6) is 1.63. The highest BCUT2D eigenvalue weighted by Crippen LogP contribution is 2.41. The number of aryl methyl sites for hydroxylation is 2. The highest BCUT2D eigenvalue weighted by molar-refractivity contribution is 5.77. The minimum Gasteiger partial charge on any atom is -0.497 e. The Kier molecular flexibility index (Phi) is 5.60. The van der Waals surface area contributed by atoms with E-state index >= 15 is 0 Å². The highest BCUT2D eigenvalue weighted by Gasteiger charge is 2.36. The molecule has 7 nitrogen and oxygen atoms in total. The molecule has 2 heterocycles. The molecule has 3 aromatic rings. The minimum atomic E-state index is -0.0529. The number of methoxy groups -OCH3 is 1. The molecule has 4 rings (SSSR count). The number of rotatable bonds is 6. The van der Waals surface area contributed by atoms with Gasteiger partial charge in [-0.25, -0.2) is 4.68 Å². The first-order valence-corrected chi connectivity index (χ1v) is 10.7. The van der Waals surface area contributed by atoms with E-state index in [0.29, 0.717) is 12.8 Å². The summed E-state index contributed by atoms with van der Waals surface area (Å²) in [7, 11) is 1.66. The van der Waals surface area contributed by atoms with Gasteiger partial charge in [-0.2, -0.15) is 5.10 Å². The van der Waals surface area contributed by atoms with E-state index in [0.717, 1.165) is 52.6 Å². The SMILES string of the molecule is COc1ccc(-n2ncc3c2CC(C)(C)C[C@@H]3NC(=O)CCc2c(C)noc2C)cc1. The molecule has 1 N–H and O–H groups in total. The summed E-state index contributed by atoms with van der Waals surface area (Å²) in [5.41, 5.74) is 5.16. The van der Waals surface area contributed by atoms with Gasteiger partial charge in [-0.05, 0) is 62.8 Å². The van der Waals surface area contributed by atoms with Crippen LogP contribution in [0.1, 0.15) is 61.0 Å². The van der Waals surface area contributed by atoms with Crippen LogP contribution in [0.4, 0.5) is 0 Å². The molecule has 0 spiro atoms. The van der Waals surface area contributed by atoms with Gasteiger partial charge in [0.1, 0.15) is 11.5 Å². The second-order valence-electron chi connectivity index (χ2n) is 9.12. The summed E-state index contributed by atoms with van der Waals surface area (Å²) >= 11 is 0. The molecule has 0 aliphatic heterocycles. The van der Waals surface area contributed by atoms with Crippen LogP contribution in [-0.2, 0) is 17.6 Å². The van der Waals surface area contributed by atoms with Gasteiger partial charge in [-0.3, -0.25) is 4.79 Å². The maximum atomic E-state index is 12.8. The van der Waals surface area contributed by atoms with Crippen molar-refractivity contribution in [2.75, 3.05) is 7.11 Å². The predicted molar refractivity (Wildman–Crippen MR) is 117 cm³/mol. The molecule has 0 fully saturated rings. The zero-order valence-corrected chi connectivity index (χ0v) is 18.9. The van der Waals surface area contributed by atoms with Crippen LogP contribution in [0.5, 0.6) is 5.75 Å². The summed E-state index contributed by atoms with van der Waals surface area (Å²) in [6, 6.07) is 7.83. The number of ether oxygens (including phenoxy) is 1. The Morgan fingerprint density at radius 3 is 2.68 bits per heavy atom. The van der Waals surface area contributed by atoms with Crippen LogP contribution < -0.4 is 10.1 Å². The maximum absolute atomic E-state index is 12.8. The van der Waals surface area contributed by atoms with Crippen molar-refractivity contribution >= 4 is 5.91 Å². The summed E-state index contributed by atoms with van der Waals surface area (Å²) < 4.78 is 12.5. The van der Waals surface area contributed by atoms with Gasteiger partial charge in [0.15, 0.2) is 0 Å². The normalized spacial score (nSPS) is 17.3. The summed E-state index contributed by atoms with van der Waals surface area (Å²) in [6.45, 7) is 8.28. The molecule has 1 aromatic carbocycles. The largest absolute Gasteiger partial charge is 0.497 e. The van der Waals surface area contributed by atoms with E-state index in [4.69, 9.17) is 9.26 Å². The number of amides is 1. The Morgan fingerprint density at radius 2 is 2.03 bits per heavy atom. The average molecular weight is 423 g/mol. The molecule has 1 aliphatic carbocycles. The van der Waals surface area contributed by atoms with Crippen molar-refractivity contribution in [3.05, 3.63) is 58.7 Å². The first-order valence-electron chi connectivity index (χ1n) is 10.7. The van der Waals surface area contributed by atoms with Crippen LogP contribution in [0.25, 0.3) is 5.69 Å². The van der Waals surface area contributed by atoms with Crippen LogP contribution >= 0.6 is 0 Å². The molecule has 0 saturated carbocycles. The molecule has 164 valence electrons. The number of carbonyl (C=O) groups excluding carboxylic acids is 1. The Morgan fingerprint density at radius 1 is 1.29 bits per heavy atom. The summed E-state index contributed by atoms with van der Waals surface area (Å²) in [4.78, 5) is 12.8. The molecule has 0 unspecified atom stereocenters. The first-order chi connectivity index (χ1) is 14.8. The minimum absolute atomic E-state index is 0.0332. The van der Waals surface area contributed by atoms with Gasteiger partial charge >= 0.3 is 0 Å². The van der Waals surface area contributed by atoms with Gasteiger partial charge in [0, 0.05) is 17.5 Å². The number of fused-ring (bicyclic) bond motifs is 1. The van der Waals surface area contributed by atoms with E-state index in [-0.39, 0.29) is 17.4 Å². The monoisotopic (exact) mass is 422 g/mol. The van der Waals surface area contributed by atoms with Gasteiger partial charge in [-0.1, -0.05) is 19.0 Å². The third kappa shape index (κ3) is 4.36. The Hall–Kier alpha value is -3.09. The fraction of sp³-hybridized carbons (Fsp3) is 0.458. The zero-order chi connectivity index (χ0) is 22.2. The topological polar surface area (TPSA) is 82.2 Å². The van der Waals surface area contributed by atoms with E-state index in [1.165, 1.54) is 0 Å². The van der Waals surface area contributed by atoms with Gasteiger partial charge in [-0.15, -0.1) is 0 Å². The van der Waals surface area contributed by atoms with Crippen molar-refractivity contribution < 1.29 is 14.1 Å². The van der Waals surface area contributed by atoms with E-state index in [9.17, 15) is 4.79 Å². The molecule has 7 heteroatoms. The Balaban J connectivity index is 1.53. The van der Waals surface area contributed by atoms with Gasteiger partial charge in [0.2, 0.25) is 5.91 Å².